The highest BCUT2D eigenvalue weighted by molar-refractivity contribution is 6.35. The lowest BCUT2D eigenvalue weighted by Crippen LogP contribution is -2.22. The fraction of sp³-hybridized carbons (Fsp3) is 0.190. The fourth-order valence-electron chi connectivity index (χ4n) is 7.05. The predicted molar refractivity (Wildman–Crippen MR) is 206 cm³/mol. The van der Waals surface area contributed by atoms with Crippen LogP contribution >= 0.6 is 0 Å². The van der Waals surface area contributed by atoms with Crippen LogP contribution in [0.25, 0.3) is 33.4 Å². The van der Waals surface area contributed by atoms with E-state index < -0.39 is 23.1 Å². The summed E-state index contributed by atoms with van der Waals surface area (Å²) in [5, 5.41) is 46.9. The van der Waals surface area contributed by atoms with Gasteiger partial charge in [0.15, 0.2) is 11.5 Å². The highest BCUT2D eigenvalue weighted by atomic mass is 16.3. The number of para-hydroxylation sites is 2. The smallest absolute Gasteiger partial charge is 0.229 e. The SMILES string of the molecule is Cc1cc2c(c(O)c1-c1c(C)cc3c(c1O)/C(=C\NNc1ccccc1)C(=O)C(O)=C3C(C)C)/C(=C/NNc1ccccc1)C(=O)C(O)=C2C(C)C. The van der Waals surface area contributed by atoms with Gasteiger partial charge in [0.1, 0.15) is 11.5 Å². The molecule has 4 aromatic rings. The summed E-state index contributed by atoms with van der Waals surface area (Å²) in [6.07, 6.45) is 2.79. The fourth-order valence-corrected chi connectivity index (χ4v) is 7.05. The van der Waals surface area contributed by atoms with E-state index in [4.69, 9.17) is 0 Å². The minimum atomic E-state index is -0.676. The number of carbonyl (C=O) groups excluding carboxylic acids is 2. The molecule has 0 fully saturated rings. The monoisotopic (exact) mass is 698 g/mol. The number of hydrazine groups is 2. The Balaban J connectivity index is 1.57. The molecule has 0 heterocycles. The van der Waals surface area contributed by atoms with Gasteiger partial charge in [-0.15, -0.1) is 0 Å². The van der Waals surface area contributed by atoms with Gasteiger partial charge >= 0.3 is 0 Å². The van der Waals surface area contributed by atoms with Crippen molar-refractivity contribution in [2.75, 3.05) is 10.9 Å². The maximum absolute atomic E-state index is 13.8. The topological polar surface area (TPSA) is 163 Å². The Kier molecular flexibility index (Phi) is 9.58. The molecular formula is C42H42N4O6. The predicted octanol–water partition coefficient (Wildman–Crippen LogP) is 8.31. The number of phenols is 2. The van der Waals surface area contributed by atoms with Crippen LogP contribution in [0.2, 0.25) is 0 Å². The molecule has 2 aliphatic carbocycles. The van der Waals surface area contributed by atoms with Crippen LogP contribution in [0.15, 0.2) is 96.7 Å². The third-order valence-corrected chi connectivity index (χ3v) is 9.36. The van der Waals surface area contributed by atoms with Crippen LogP contribution in [-0.4, -0.2) is 32.0 Å². The minimum Gasteiger partial charge on any atom is -0.507 e. The maximum Gasteiger partial charge on any atom is 0.229 e. The molecule has 0 atom stereocenters. The van der Waals surface area contributed by atoms with Crippen LogP contribution in [0, 0.1) is 25.7 Å². The summed E-state index contributed by atoms with van der Waals surface area (Å²) < 4.78 is 0. The van der Waals surface area contributed by atoms with E-state index in [1.54, 1.807) is 26.0 Å². The average molecular weight is 699 g/mol. The van der Waals surface area contributed by atoms with Gasteiger partial charge < -0.3 is 42.1 Å². The molecule has 2 aliphatic rings. The molecule has 0 spiro atoms. The number of rotatable bonds is 9. The molecule has 10 nitrogen and oxygen atoms in total. The van der Waals surface area contributed by atoms with E-state index in [2.05, 4.69) is 21.7 Å². The molecular weight excluding hydrogens is 656 g/mol. The number of aliphatic hydroxyl groups excluding tert-OH is 2. The molecule has 6 rings (SSSR count). The first-order valence-electron chi connectivity index (χ1n) is 17.1. The second-order valence-corrected chi connectivity index (χ2v) is 13.6. The van der Waals surface area contributed by atoms with Crippen molar-refractivity contribution in [3.05, 3.63) is 130 Å². The number of aryl methyl sites for hydroxylation is 2. The molecule has 0 unspecified atom stereocenters. The zero-order valence-corrected chi connectivity index (χ0v) is 29.8. The number of carbonyl (C=O) groups is 2. The number of benzene rings is 4. The van der Waals surface area contributed by atoms with Gasteiger partial charge in [0.25, 0.3) is 0 Å². The standard InChI is InChI=1S/C42H42N4O6/c1-21(2)31-27-17-23(5)33(39(49)35(27)29(37(47)41(31)51)19-43-45-25-13-9-7-10-14-25)34-24(6)18-28-32(22(3)4)42(52)38(48)30(36(28)40(34)50)20-44-46-26-15-11-8-12-16-26/h7-22,43-46,49-52H,1-6H3/b29-19-,30-20+. The van der Waals surface area contributed by atoms with Crippen molar-refractivity contribution < 1.29 is 30.0 Å². The van der Waals surface area contributed by atoms with Crippen LogP contribution in [0.5, 0.6) is 11.5 Å². The molecule has 266 valence electrons. The van der Waals surface area contributed by atoms with Crippen molar-refractivity contribution in [3.63, 3.8) is 0 Å². The number of aromatic hydroxyl groups is 2. The molecule has 8 N–H and O–H groups in total. The lowest BCUT2D eigenvalue weighted by atomic mass is 9.75. The molecule has 0 amide bonds. The Morgan fingerprint density at radius 2 is 0.885 bits per heavy atom. The summed E-state index contributed by atoms with van der Waals surface area (Å²) in [4.78, 5) is 27.6. The summed E-state index contributed by atoms with van der Waals surface area (Å²) in [7, 11) is 0. The van der Waals surface area contributed by atoms with E-state index in [9.17, 15) is 30.0 Å². The first-order valence-corrected chi connectivity index (χ1v) is 17.1. The molecule has 0 aromatic heterocycles. The third kappa shape index (κ3) is 6.12. The van der Waals surface area contributed by atoms with Gasteiger partial charge in [-0.05, 0) is 72.2 Å². The first kappa shape index (κ1) is 35.4. The van der Waals surface area contributed by atoms with Gasteiger partial charge in [-0.25, -0.2) is 0 Å². The first-order chi connectivity index (χ1) is 24.8. The molecule has 0 aliphatic heterocycles. The highest BCUT2D eigenvalue weighted by Crippen LogP contribution is 2.53. The van der Waals surface area contributed by atoms with Gasteiger partial charge in [0.05, 0.1) is 22.5 Å². The Hall–Kier alpha value is -6.42. The number of aliphatic hydroxyl groups is 2. The van der Waals surface area contributed by atoms with Gasteiger partial charge in [-0.1, -0.05) is 76.2 Å². The van der Waals surface area contributed by atoms with E-state index in [-0.39, 0.29) is 56.7 Å². The zero-order chi connectivity index (χ0) is 37.4. The van der Waals surface area contributed by atoms with Crippen LogP contribution in [0.3, 0.4) is 0 Å². The molecule has 10 heteroatoms. The van der Waals surface area contributed by atoms with Gasteiger partial charge in [0, 0.05) is 45.8 Å². The Morgan fingerprint density at radius 1 is 0.538 bits per heavy atom. The van der Waals surface area contributed by atoms with E-state index >= 15 is 0 Å². The third-order valence-electron chi connectivity index (χ3n) is 9.36. The van der Waals surface area contributed by atoms with Crippen LogP contribution in [0.4, 0.5) is 11.4 Å². The Bertz CT molecular complexity index is 2070. The summed E-state index contributed by atoms with van der Waals surface area (Å²) in [5.41, 5.74) is 17.1. The van der Waals surface area contributed by atoms with Crippen LogP contribution in [0.1, 0.15) is 61.1 Å². The normalized spacial score (nSPS) is 15.8. The second kappa shape index (κ2) is 14.1. The minimum absolute atomic E-state index is 0.0103. The van der Waals surface area contributed by atoms with Crippen molar-refractivity contribution in [2.45, 2.75) is 41.5 Å². The van der Waals surface area contributed by atoms with Crippen molar-refractivity contribution in [3.8, 4) is 22.6 Å². The number of anilines is 2. The highest BCUT2D eigenvalue weighted by Gasteiger charge is 2.38. The van der Waals surface area contributed by atoms with E-state index in [0.717, 1.165) is 11.4 Å². The van der Waals surface area contributed by atoms with Crippen molar-refractivity contribution in [2.24, 2.45) is 11.8 Å². The number of fused-ring (bicyclic) bond motifs is 2. The Morgan fingerprint density at radius 3 is 1.21 bits per heavy atom. The average Bonchev–Trinajstić information content (AvgIpc) is 3.10. The van der Waals surface area contributed by atoms with E-state index in [1.165, 1.54) is 12.4 Å². The molecule has 52 heavy (non-hydrogen) atoms. The summed E-state index contributed by atoms with van der Waals surface area (Å²) in [6, 6.07) is 22.0. The molecule has 0 saturated heterocycles. The number of nitrogens with one attached hydrogen (secondary N) is 4. The second-order valence-electron chi connectivity index (χ2n) is 13.6. The van der Waals surface area contributed by atoms with Gasteiger partial charge in [0.2, 0.25) is 11.6 Å². The largest absolute Gasteiger partial charge is 0.507 e. The van der Waals surface area contributed by atoms with Crippen molar-refractivity contribution in [1.29, 1.82) is 0 Å². The van der Waals surface area contributed by atoms with Crippen molar-refractivity contribution in [1.82, 2.24) is 10.9 Å². The molecule has 4 aromatic carbocycles. The van der Waals surface area contributed by atoms with E-state index in [0.29, 0.717) is 33.4 Å². The quantitative estimate of drug-likeness (QED) is 0.0630. The van der Waals surface area contributed by atoms with E-state index in [1.807, 2.05) is 88.4 Å². The molecule has 0 bridgehead atoms. The number of ketones is 2. The van der Waals surface area contributed by atoms with Crippen LogP contribution in [-0.2, 0) is 9.59 Å². The summed E-state index contributed by atoms with van der Waals surface area (Å²) >= 11 is 0. The number of hydrogen-bond acceptors (Lipinski definition) is 10. The van der Waals surface area contributed by atoms with Crippen LogP contribution < -0.4 is 21.7 Å². The molecule has 0 radical (unpaired) electrons. The lowest BCUT2D eigenvalue weighted by Gasteiger charge is -2.29. The number of Topliss-reactive ketones (excluding diaryl/α,β-unsaturated/α-hetero) is 2. The number of allylic oxidation sites excluding steroid dienone is 4. The summed E-state index contributed by atoms with van der Waals surface area (Å²) in [6.45, 7) is 11.0. The lowest BCUT2D eigenvalue weighted by molar-refractivity contribution is -0.113. The Labute approximate surface area is 302 Å². The molecule has 0 saturated carbocycles. The van der Waals surface area contributed by atoms with Crippen molar-refractivity contribution >= 4 is 45.2 Å². The number of hydrogen-bond donors (Lipinski definition) is 8. The van der Waals surface area contributed by atoms with Gasteiger partial charge in [-0.3, -0.25) is 9.59 Å². The van der Waals surface area contributed by atoms with Gasteiger partial charge in [-0.2, -0.15) is 0 Å². The number of phenolic OH excluding ortho intramolecular Hbond substituents is 2. The summed E-state index contributed by atoms with van der Waals surface area (Å²) in [5.74, 6) is -3.27. The zero-order valence-electron chi connectivity index (χ0n) is 29.8. The maximum atomic E-state index is 13.8.